The van der Waals surface area contributed by atoms with Crippen molar-refractivity contribution < 1.29 is 4.21 Å². The van der Waals surface area contributed by atoms with Gasteiger partial charge in [-0.1, -0.05) is 48.5 Å². The molecule has 0 fully saturated rings. The van der Waals surface area contributed by atoms with Gasteiger partial charge in [-0.05, 0) is 10.8 Å². The van der Waals surface area contributed by atoms with Crippen LogP contribution in [0.15, 0.2) is 48.5 Å². The predicted octanol–water partition coefficient (Wildman–Crippen LogP) is 2.50. The van der Waals surface area contributed by atoms with Gasteiger partial charge in [0.1, 0.15) is 0 Å². The fourth-order valence-electron chi connectivity index (χ4n) is 1.13. The number of rotatable bonds is 0. The molecule has 0 atom stereocenters. The minimum atomic E-state index is 1.31. The average Bonchev–Trinajstić information content (AvgIpc) is 2.21. The summed E-state index contributed by atoms with van der Waals surface area (Å²) in [5.74, 6) is 0. The first-order valence-corrected chi connectivity index (χ1v) is 3.90. The van der Waals surface area contributed by atoms with Crippen LogP contribution in [-0.2, 0) is 12.5 Å². The van der Waals surface area contributed by atoms with E-state index in [1.165, 1.54) is 10.8 Å². The summed E-state index contributed by atoms with van der Waals surface area (Å²) < 4.78 is 7.83. The van der Waals surface area contributed by atoms with Gasteiger partial charge in [-0.3, -0.25) is 0 Å². The van der Waals surface area contributed by atoms with Crippen molar-refractivity contribution >= 4 is 23.3 Å². The minimum absolute atomic E-state index is 1.31. The fourth-order valence-corrected chi connectivity index (χ4v) is 1.13. The van der Waals surface area contributed by atoms with Crippen LogP contribution in [0.25, 0.3) is 10.8 Å². The fraction of sp³-hybridized carbons (Fsp3) is 0. The molecule has 0 amide bonds. The average molecular weight is 176 g/mol. The Balaban J connectivity index is 0.000000336. The van der Waals surface area contributed by atoms with Gasteiger partial charge in [-0.15, -0.1) is 0 Å². The molecule has 2 heteroatoms. The summed E-state index contributed by atoms with van der Waals surface area (Å²) in [6.45, 7) is 0. The van der Waals surface area contributed by atoms with Gasteiger partial charge < -0.3 is 0 Å². The van der Waals surface area contributed by atoms with Crippen molar-refractivity contribution in [2.24, 2.45) is 0 Å². The standard InChI is InChI=1S/C10H8.OS/c1-2-6-10-8-4-3-7-9(10)5-1;1-2/h1-8H;. The summed E-state index contributed by atoms with van der Waals surface area (Å²) in [6, 6.07) is 16.7. The molecule has 0 saturated carbocycles. The van der Waals surface area contributed by atoms with E-state index in [0.717, 1.165) is 0 Å². The Morgan fingerprint density at radius 1 is 0.667 bits per heavy atom. The highest BCUT2D eigenvalue weighted by atomic mass is 32.1. The summed E-state index contributed by atoms with van der Waals surface area (Å²) in [7, 11) is 0. The van der Waals surface area contributed by atoms with Crippen LogP contribution in [0.4, 0.5) is 0 Å². The lowest BCUT2D eigenvalue weighted by Crippen LogP contribution is -1.67. The Morgan fingerprint density at radius 3 is 1.17 bits per heavy atom. The largest absolute Gasteiger partial charge is 0.197 e. The zero-order valence-corrected chi connectivity index (χ0v) is 7.25. The van der Waals surface area contributed by atoms with Crippen LogP contribution in [0.1, 0.15) is 0 Å². The third-order valence-electron chi connectivity index (χ3n) is 1.66. The second kappa shape index (κ2) is 4.57. The molecule has 2 rings (SSSR count). The molecular weight excluding hydrogens is 168 g/mol. The molecule has 0 radical (unpaired) electrons. The summed E-state index contributed by atoms with van der Waals surface area (Å²) in [6.07, 6.45) is 0. The molecule has 0 saturated heterocycles. The second-order valence-corrected chi connectivity index (χ2v) is 2.35. The maximum absolute atomic E-state index is 7.83. The third-order valence-corrected chi connectivity index (χ3v) is 1.66. The highest BCUT2D eigenvalue weighted by Crippen LogP contribution is 2.11. The zero-order chi connectivity index (χ0) is 8.81. The van der Waals surface area contributed by atoms with Crippen LogP contribution in [0, 0.1) is 0 Å². The molecule has 0 aliphatic carbocycles. The molecule has 0 spiro atoms. The molecule has 2 aromatic rings. The molecule has 2 aromatic carbocycles. The molecule has 0 heterocycles. The Kier molecular flexibility index (Phi) is 3.35. The van der Waals surface area contributed by atoms with Crippen molar-refractivity contribution in [3.05, 3.63) is 48.5 Å². The van der Waals surface area contributed by atoms with Crippen LogP contribution in [0.5, 0.6) is 0 Å². The Bertz CT molecular complexity index is 294. The minimum Gasteiger partial charge on any atom is -0.197 e. The van der Waals surface area contributed by atoms with Gasteiger partial charge in [0.25, 0.3) is 0 Å². The summed E-state index contributed by atoms with van der Waals surface area (Å²) in [4.78, 5) is 0. The van der Waals surface area contributed by atoms with Crippen LogP contribution in [0.3, 0.4) is 0 Å². The quantitative estimate of drug-likeness (QED) is 0.613. The molecule has 12 heavy (non-hydrogen) atoms. The monoisotopic (exact) mass is 176 g/mol. The predicted molar refractivity (Wildman–Crippen MR) is 52.1 cm³/mol. The van der Waals surface area contributed by atoms with Gasteiger partial charge in [-0.2, -0.15) is 4.21 Å². The van der Waals surface area contributed by atoms with E-state index in [0.29, 0.717) is 0 Å². The van der Waals surface area contributed by atoms with Crippen molar-refractivity contribution in [1.29, 1.82) is 0 Å². The van der Waals surface area contributed by atoms with E-state index in [4.69, 9.17) is 4.21 Å². The molecular formula is C10H8OS. The maximum Gasteiger partial charge on any atom is 0.197 e. The lowest BCUT2D eigenvalue weighted by Gasteiger charge is -1.92. The van der Waals surface area contributed by atoms with E-state index in [1.54, 1.807) is 0 Å². The molecule has 0 aliphatic rings. The van der Waals surface area contributed by atoms with Crippen LogP contribution >= 0.6 is 0 Å². The Morgan fingerprint density at radius 2 is 0.917 bits per heavy atom. The van der Waals surface area contributed by atoms with E-state index in [1.807, 2.05) is 0 Å². The molecule has 60 valence electrons. The van der Waals surface area contributed by atoms with Gasteiger partial charge in [0.2, 0.25) is 0 Å². The Hall–Kier alpha value is -1.28. The highest BCUT2D eigenvalue weighted by Gasteiger charge is 1.85. The van der Waals surface area contributed by atoms with Gasteiger partial charge >= 0.3 is 0 Å². The van der Waals surface area contributed by atoms with Gasteiger partial charge in [0, 0.05) is 0 Å². The molecule has 1 nitrogen and oxygen atoms in total. The molecule has 0 N–H and O–H groups in total. The molecule has 0 unspecified atom stereocenters. The van der Waals surface area contributed by atoms with Gasteiger partial charge in [0.15, 0.2) is 12.5 Å². The normalized spacial score (nSPS) is 8.67. The SMILES string of the molecule is O=S.c1ccc2ccccc2c1. The van der Waals surface area contributed by atoms with Crippen LogP contribution < -0.4 is 0 Å². The van der Waals surface area contributed by atoms with E-state index < -0.39 is 0 Å². The van der Waals surface area contributed by atoms with Crippen molar-refractivity contribution in [1.82, 2.24) is 0 Å². The van der Waals surface area contributed by atoms with Crippen LogP contribution in [0.2, 0.25) is 0 Å². The first kappa shape index (κ1) is 8.81. The smallest absolute Gasteiger partial charge is 0.197 e. The molecule has 0 aliphatic heterocycles. The van der Waals surface area contributed by atoms with Crippen molar-refractivity contribution in [3.8, 4) is 0 Å². The van der Waals surface area contributed by atoms with E-state index >= 15 is 0 Å². The van der Waals surface area contributed by atoms with Crippen molar-refractivity contribution in [3.63, 3.8) is 0 Å². The molecule has 0 bridgehead atoms. The van der Waals surface area contributed by atoms with Crippen LogP contribution in [-0.4, -0.2) is 4.21 Å². The maximum atomic E-state index is 7.83. The first-order valence-electron chi connectivity index (χ1n) is 3.57. The summed E-state index contributed by atoms with van der Waals surface area (Å²) >= 11 is 2.83. The second-order valence-electron chi connectivity index (χ2n) is 2.35. The van der Waals surface area contributed by atoms with Crippen molar-refractivity contribution in [2.75, 3.05) is 0 Å². The summed E-state index contributed by atoms with van der Waals surface area (Å²) in [5.41, 5.74) is 0. The van der Waals surface area contributed by atoms with Gasteiger partial charge in [0.05, 0.1) is 0 Å². The zero-order valence-electron chi connectivity index (χ0n) is 6.44. The summed E-state index contributed by atoms with van der Waals surface area (Å²) in [5, 5.41) is 2.62. The van der Waals surface area contributed by atoms with E-state index in [-0.39, 0.29) is 0 Å². The third kappa shape index (κ3) is 1.86. The van der Waals surface area contributed by atoms with E-state index in [2.05, 4.69) is 61.1 Å². The number of fused-ring (bicyclic) bond motifs is 1. The number of benzene rings is 2. The first-order chi connectivity index (χ1) is 5.97. The van der Waals surface area contributed by atoms with Crippen molar-refractivity contribution in [2.45, 2.75) is 0 Å². The van der Waals surface area contributed by atoms with E-state index in [9.17, 15) is 0 Å². The Labute approximate surface area is 76.6 Å². The lowest BCUT2D eigenvalue weighted by atomic mass is 10.1. The number of hydrogen-bond donors (Lipinski definition) is 0. The lowest BCUT2D eigenvalue weighted by molar-refractivity contribution is 0.702. The number of hydrogen-bond acceptors (Lipinski definition) is 2. The highest BCUT2D eigenvalue weighted by molar-refractivity contribution is 7.44. The van der Waals surface area contributed by atoms with Gasteiger partial charge in [-0.25, -0.2) is 0 Å². The molecule has 0 aromatic heterocycles. The topological polar surface area (TPSA) is 17.1 Å².